The maximum Gasteiger partial charge on any atom is 0.137 e. The normalized spacial score (nSPS) is 17.0. The van der Waals surface area contributed by atoms with Crippen molar-refractivity contribution in [1.29, 1.82) is 0 Å². The van der Waals surface area contributed by atoms with E-state index in [2.05, 4.69) is 64.5 Å². The number of hydrogen-bond donors (Lipinski definition) is 1. The summed E-state index contributed by atoms with van der Waals surface area (Å²) >= 11 is 12.1. The molecule has 0 radical (unpaired) electrons. The first kappa shape index (κ1) is 21.2. The molecule has 6 heteroatoms. The molecular formula is C22H25ClN2OS2. The molecule has 1 N–H and O–H groups in total. The first-order valence-electron chi connectivity index (χ1n) is 9.37. The smallest absolute Gasteiger partial charge is 0.137 e. The summed E-state index contributed by atoms with van der Waals surface area (Å²) in [5.41, 5.74) is 3.33. The van der Waals surface area contributed by atoms with E-state index >= 15 is 0 Å². The molecule has 28 heavy (non-hydrogen) atoms. The van der Waals surface area contributed by atoms with E-state index in [9.17, 15) is 4.79 Å². The van der Waals surface area contributed by atoms with Crippen molar-refractivity contribution in [2.45, 2.75) is 43.0 Å². The number of hydrogen-bond acceptors (Lipinski definition) is 4. The summed E-state index contributed by atoms with van der Waals surface area (Å²) in [4.78, 5) is 16.2. The van der Waals surface area contributed by atoms with Gasteiger partial charge in [-0.25, -0.2) is 0 Å². The van der Waals surface area contributed by atoms with Gasteiger partial charge in [0.25, 0.3) is 0 Å². The highest BCUT2D eigenvalue weighted by Crippen LogP contribution is 2.48. The Bertz CT molecular complexity index is 850. The van der Waals surface area contributed by atoms with Crippen LogP contribution in [-0.4, -0.2) is 34.1 Å². The summed E-state index contributed by atoms with van der Waals surface area (Å²) in [6.07, 6.45) is 4.88. The van der Waals surface area contributed by atoms with Crippen LogP contribution < -0.4 is 4.72 Å². The highest BCUT2D eigenvalue weighted by atomic mass is 35.5. The summed E-state index contributed by atoms with van der Waals surface area (Å²) in [5, 5.41) is 0. The minimum absolute atomic E-state index is 0.00360. The van der Waals surface area contributed by atoms with E-state index in [1.807, 2.05) is 12.1 Å². The molecule has 1 saturated carbocycles. The minimum atomic E-state index is 0.00360. The fourth-order valence-corrected chi connectivity index (χ4v) is 4.70. The number of Topliss-reactive ketones (excluding diaryl/α,β-unsaturated/α-hetero) is 1. The zero-order valence-electron chi connectivity index (χ0n) is 16.2. The number of benzene rings is 2. The summed E-state index contributed by atoms with van der Waals surface area (Å²) in [7, 11) is 0. The van der Waals surface area contributed by atoms with Gasteiger partial charge in [-0.05, 0) is 56.0 Å². The molecule has 0 amide bonds. The molecule has 2 fully saturated rings. The molecule has 1 heterocycles. The first-order chi connectivity index (χ1) is 13.6. The Balaban J connectivity index is 0.00000109. The van der Waals surface area contributed by atoms with Crippen molar-refractivity contribution in [3.63, 3.8) is 0 Å². The van der Waals surface area contributed by atoms with Crippen LogP contribution in [0.2, 0.25) is 0 Å². The van der Waals surface area contributed by atoms with Gasteiger partial charge >= 0.3 is 0 Å². The van der Waals surface area contributed by atoms with E-state index in [4.69, 9.17) is 12.2 Å². The van der Waals surface area contributed by atoms with Crippen LogP contribution in [0.1, 0.15) is 36.8 Å². The number of rotatable bonds is 4. The Morgan fingerprint density at radius 1 is 1.14 bits per heavy atom. The second kappa shape index (κ2) is 9.29. The van der Waals surface area contributed by atoms with Gasteiger partial charge in [-0.2, -0.15) is 0 Å². The van der Waals surface area contributed by atoms with Gasteiger partial charge in [0.15, 0.2) is 0 Å². The molecule has 2 aliphatic rings. The lowest BCUT2D eigenvalue weighted by atomic mass is 9.97. The van der Waals surface area contributed by atoms with Crippen molar-refractivity contribution < 1.29 is 4.79 Å². The molecular weight excluding hydrogens is 408 g/mol. The molecule has 0 bridgehead atoms. The van der Waals surface area contributed by atoms with Crippen molar-refractivity contribution in [3.8, 4) is 0 Å². The number of para-hydroxylation sites is 1. The molecule has 3 nitrogen and oxygen atoms in total. The van der Waals surface area contributed by atoms with Gasteiger partial charge in [-0.15, -0.1) is 11.6 Å². The number of aryl methyl sites for hydroxylation is 1. The van der Waals surface area contributed by atoms with Crippen LogP contribution in [0.5, 0.6) is 0 Å². The highest BCUT2D eigenvalue weighted by molar-refractivity contribution is 8.00. The fraction of sp³-hybridized carbons (Fsp3) is 0.364. The van der Waals surface area contributed by atoms with Crippen molar-refractivity contribution in [2.24, 2.45) is 0 Å². The second-order valence-corrected chi connectivity index (χ2v) is 8.48. The second-order valence-electron chi connectivity index (χ2n) is 7.21. The fourth-order valence-electron chi connectivity index (χ4n) is 3.56. The van der Waals surface area contributed by atoms with E-state index < -0.39 is 0 Å². The van der Waals surface area contributed by atoms with Crippen LogP contribution in [-0.2, 0) is 4.79 Å². The third-order valence-electron chi connectivity index (χ3n) is 5.24. The Kier molecular flexibility index (Phi) is 7.02. The lowest BCUT2D eigenvalue weighted by Gasteiger charge is -2.38. The average molecular weight is 433 g/mol. The number of carbonyl (C=O) groups excluding carboxylic acids is 1. The number of halogens is 1. The van der Waals surface area contributed by atoms with Gasteiger partial charge in [0, 0.05) is 41.8 Å². The molecule has 2 aromatic carbocycles. The van der Waals surface area contributed by atoms with Crippen LogP contribution in [0.25, 0.3) is 0 Å². The molecule has 0 unspecified atom stereocenters. The number of nitrogens with zero attached hydrogens (tertiary/aromatic N) is 1. The molecule has 4 rings (SSSR count). The number of anilines is 1. The molecule has 0 atom stereocenters. The van der Waals surface area contributed by atoms with E-state index in [0.29, 0.717) is 18.6 Å². The van der Waals surface area contributed by atoms with Crippen LogP contribution in [0.3, 0.4) is 0 Å². The number of ketones is 1. The zero-order valence-corrected chi connectivity index (χ0v) is 18.6. The van der Waals surface area contributed by atoms with Gasteiger partial charge in [-0.1, -0.05) is 42.0 Å². The highest BCUT2D eigenvalue weighted by Gasteiger charge is 2.52. The van der Waals surface area contributed by atoms with Crippen molar-refractivity contribution in [3.05, 3.63) is 59.7 Å². The molecule has 1 aliphatic carbocycles. The van der Waals surface area contributed by atoms with Crippen molar-refractivity contribution in [2.75, 3.05) is 17.6 Å². The predicted octanol–water partition coefficient (Wildman–Crippen LogP) is 5.84. The van der Waals surface area contributed by atoms with Gasteiger partial charge < -0.3 is 9.62 Å². The van der Waals surface area contributed by atoms with E-state index in [1.54, 1.807) is 11.9 Å². The van der Waals surface area contributed by atoms with Crippen LogP contribution in [0.4, 0.5) is 5.69 Å². The largest absolute Gasteiger partial charge is 0.356 e. The summed E-state index contributed by atoms with van der Waals surface area (Å²) in [6, 6.07) is 16.6. The van der Waals surface area contributed by atoms with Gasteiger partial charge in [0.1, 0.15) is 10.8 Å². The number of thiocarbonyl (C=S) groups is 1. The van der Waals surface area contributed by atoms with Gasteiger partial charge in [-0.3, -0.25) is 4.79 Å². The number of likely N-dealkylation sites (tertiary alicyclic amines) is 1. The standard InChI is InChI=1S/C21H22N2OS2.CH3Cl/c1-15-6-8-17(9-7-15)26-22-19-5-3-2-4-18(19)20(25)23-13-10-16(24)14-21(23)11-12-21;1-2/h2-9,22H,10-14H2,1H3;1H3. The molecule has 0 aromatic heterocycles. The predicted molar refractivity (Wildman–Crippen MR) is 123 cm³/mol. The number of alkyl halides is 1. The lowest BCUT2D eigenvalue weighted by Crippen LogP contribution is -2.47. The molecule has 1 spiro atoms. The number of piperidine rings is 1. The minimum Gasteiger partial charge on any atom is -0.356 e. The first-order valence-corrected chi connectivity index (χ1v) is 11.4. The third-order valence-corrected chi connectivity index (χ3v) is 6.51. The molecule has 148 valence electrons. The Morgan fingerprint density at radius 3 is 2.50 bits per heavy atom. The quantitative estimate of drug-likeness (QED) is 0.372. The van der Waals surface area contributed by atoms with E-state index in [0.717, 1.165) is 35.6 Å². The van der Waals surface area contributed by atoms with Crippen LogP contribution in [0.15, 0.2) is 53.4 Å². The monoisotopic (exact) mass is 432 g/mol. The lowest BCUT2D eigenvalue weighted by molar-refractivity contribution is -0.122. The van der Waals surface area contributed by atoms with Crippen molar-refractivity contribution >= 4 is 52.2 Å². The van der Waals surface area contributed by atoms with Gasteiger partial charge in [0.2, 0.25) is 0 Å². The Labute approximate surface area is 182 Å². The molecule has 1 aliphatic heterocycles. The average Bonchev–Trinajstić information content (AvgIpc) is 3.48. The SMILES string of the molecule is CCl.Cc1ccc(SNc2ccccc2C(=S)N2CCC(=O)CC23CC3)cc1. The summed E-state index contributed by atoms with van der Waals surface area (Å²) in [5.74, 6) is 0.378. The Morgan fingerprint density at radius 2 is 1.82 bits per heavy atom. The summed E-state index contributed by atoms with van der Waals surface area (Å²) in [6.45, 7) is 2.84. The maximum absolute atomic E-state index is 11.9. The maximum atomic E-state index is 11.9. The topological polar surface area (TPSA) is 32.3 Å². The summed E-state index contributed by atoms with van der Waals surface area (Å²) < 4.78 is 3.46. The van der Waals surface area contributed by atoms with Crippen LogP contribution in [0, 0.1) is 6.92 Å². The van der Waals surface area contributed by atoms with Crippen LogP contribution >= 0.6 is 35.8 Å². The van der Waals surface area contributed by atoms with Crippen molar-refractivity contribution in [1.82, 2.24) is 4.90 Å². The zero-order chi connectivity index (χ0) is 20.1. The Hall–Kier alpha value is -1.56. The third kappa shape index (κ3) is 4.70. The van der Waals surface area contributed by atoms with E-state index in [-0.39, 0.29) is 5.54 Å². The number of nitrogens with one attached hydrogen (secondary N) is 1. The molecule has 2 aromatic rings. The van der Waals surface area contributed by atoms with E-state index in [1.165, 1.54) is 16.8 Å². The molecule has 1 saturated heterocycles. The van der Waals surface area contributed by atoms with Gasteiger partial charge in [0.05, 0.1) is 5.69 Å². The number of carbonyl (C=O) groups is 1.